The van der Waals surface area contributed by atoms with Crippen molar-refractivity contribution in [3.05, 3.63) is 40.3 Å². The molecule has 0 fully saturated rings. The molecule has 0 bridgehead atoms. The van der Waals surface area contributed by atoms with Gasteiger partial charge in [-0.1, -0.05) is 13.0 Å². The summed E-state index contributed by atoms with van der Waals surface area (Å²) in [6.07, 6.45) is 0.478. The van der Waals surface area contributed by atoms with E-state index in [4.69, 9.17) is 0 Å². The number of hydrogen-bond donors (Lipinski definition) is 2. The molecule has 0 radical (unpaired) electrons. The van der Waals surface area contributed by atoms with E-state index in [2.05, 4.69) is 27.9 Å². The van der Waals surface area contributed by atoms with Crippen LogP contribution in [0.25, 0.3) is 0 Å². The first-order chi connectivity index (χ1) is 9.58. The Kier molecular flexibility index (Phi) is 4.74. The predicted molar refractivity (Wildman–Crippen MR) is 84.3 cm³/mol. The van der Waals surface area contributed by atoms with E-state index in [9.17, 15) is 4.79 Å². The Labute approximate surface area is 123 Å². The number of aryl methyl sites for hydroxylation is 1. The van der Waals surface area contributed by atoms with E-state index in [0.29, 0.717) is 6.42 Å². The highest BCUT2D eigenvalue weighted by atomic mass is 32.1. The summed E-state index contributed by atoms with van der Waals surface area (Å²) in [6, 6.07) is 7.86. The highest BCUT2D eigenvalue weighted by Crippen LogP contribution is 2.22. The van der Waals surface area contributed by atoms with E-state index >= 15 is 0 Å². The smallest absolute Gasteiger partial charge is 0.224 e. The first-order valence-corrected chi connectivity index (χ1v) is 7.55. The summed E-state index contributed by atoms with van der Waals surface area (Å²) in [5.41, 5.74) is 2.82. The average molecular weight is 289 g/mol. The lowest BCUT2D eigenvalue weighted by Crippen LogP contribution is -2.10. The number of rotatable bonds is 5. The van der Waals surface area contributed by atoms with Crippen LogP contribution in [0.5, 0.6) is 0 Å². The van der Waals surface area contributed by atoms with Crippen LogP contribution in [-0.4, -0.2) is 10.9 Å². The molecule has 0 aliphatic carbocycles. The summed E-state index contributed by atoms with van der Waals surface area (Å²) in [5.74, 6) is 0.0188. The molecular formula is C15H19N3OS. The van der Waals surface area contributed by atoms with Crippen molar-refractivity contribution in [2.45, 2.75) is 33.2 Å². The number of anilines is 2. The van der Waals surface area contributed by atoms with Crippen molar-refractivity contribution in [1.29, 1.82) is 0 Å². The van der Waals surface area contributed by atoms with Gasteiger partial charge in [0.1, 0.15) is 0 Å². The van der Waals surface area contributed by atoms with Crippen LogP contribution in [0.3, 0.4) is 0 Å². The van der Waals surface area contributed by atoms with E-state index in [0.717, 1.165) is 22.1 Å². The molecule has 1 aromatic heterocycles. The van der Waals surface area contributed by atoms with Gasteiger partial charge in [-0.2, -0.15) is 0 Å². The average Bonchev–Trinajstić information content (AvgIpc) is 2.86. The van der Waals surface area contributed by atoms with E-state index in [1.165, 1.54) is 0 Å². The molecule has 2 rings (SSSR count). The standard InChI is InChI=1S/C15H19N3OS/c1-4-15(19)18-13-7-5-6-12(8-13)16-10(2)14-9-20-11(3)17-14/h5-10,16H,4H2,1-3H3,(H,18,19). The van der Waals surface area contributed by atoms with Gasteiger partial charge < -0.3 is 10.6 Å². The van der Waals surface area contributed by atoms with Crippen molar-refractivity contribution in [2.75, 3.05) is 10.6 Å². The van der Waals surface area contributed by atoms with Crippen molar-refractivity contribution in [2.24, 2.45) is 0 Å². The van der Waals surface area contributed by atoms with Gasteiger partial charge in [-0.3, -0.25) is 4.79 Å². The fraction of sp³-hybridized carbons (Fsp3) is 0.333. The topological polar surface area (TPSA) is 54.0 Å². The molecular weight excluding hydrogens is 270 g/mol. The van der Waals surface area contributed by atoms with Crippen LogP contribution in [-0.2, 0) is 4.79 Å². The molecule has 1 atom stereocenters. The normalized spacial score (nSPS) is 11.9. The van der Waals surface area contributed by atoms with Crippen LogP contribution >= 0.6 is 11.3 Å². The summed E-state index contributed by atoms with van der Waals surface area (Å²) in [4.78, 5) is 15.9. The van der Waals surface area contributed by atoms with Gasteiger partial charge >= 0.3 is 0 Å². The van der Waals surface area contributed by atoms with Gasteiger partial charge in [0.15, 0.2) is 0 Å². The number of benzene rings is 1. The summed E-state index contributed by atoms with van der Waals surface area (Å²) < 4.78 is 0. The Balaban J connectivity index is 2.05. The maximum atomic E-state index is 11.4. The van der Waals surface area contributed by atoms with Gasteiger partial charge in [-0.25, -0.2) is 4.98 Å². The lowest BCUT2D eigenvalue weighted by molar-refractivity contribution is -0.115. The quantitative estimate of drug-likeness (QED) is 0.875. The van der Waals surface area contributed by atoms with E-state index in [1.807, 2.05) is 38.1 Å². The lowest BCUT2D eigenvalue weighted by Gasteiger charge is -2.14. The number of nitrogens with one attached hydrogen (secondary N) is 2. The van der Waals surface area contributed by atoms with Crippen LogP contribution in [0, 0.1) is 6.92 Å². The van der Waals surface area contributed by atoms with Crippen molar-refractivity contribution in [3.8, 4) is 0 Å². The molecule has 4 nitrogen and oxygen atoms in total. The third-order valence-corrected chi connectivity index (χ3v) is 3.72. The summed E-state index contributed by atoms with van der Waals surface area (Å²) in [5, 5.41) is 9.39. The SMILES string of the molecule is CCC(=O)Nc1cccc(NC(C)c2csc(C)n2)c1. The van der Waals surface area contributed by atoms with Gasteiger partial charge in [0.25, 0.3) is 0 Å². The molecule has 2 N–H and O–H groups in total. The van der Waals surface area contributed by atoms with Crippen molar-refractivity contribution >= 4 is 28.6 Å². The first-order valence-electron chi connectivity index (χ1n) is 6.67. The van der Waals surface area contributed by atoms with Gasteiger partial charge in [-0.05, 0) is 32.0 Å². The monoisotopic (exact) mass is 289 g/mol. The molecule has 1 heterocycles. The number of nitrogens with zero attached hydrogens (tertiary/aromatic N) is 1. The Hall–Kier alpha value is -1.88. The fourth-order valence-corrected chi connectivity index (χ4v) is 2.55. The minimum absolute atomic E-state index is 0.0188. The molecule has 20 heavy (non-hydrogen) atoms. The van der Waals surface area contributed by atoms with Crippen LogP contribution in [0.4, 0.5) is 11.4 Å². The zero-order chi connectivity index (χ0) is 14.5. The molecule has 0 saturated heterocycles. The zero-order valence-electron chi connectivity index (χ0n) is 11.9. The third kappa shape index (κ3) is 3.81. The minimum Gasteiger partial charge on any atom is -0.377 e. The van der Waals surface area contributed by atoms with Gasteiger partial charge in [0, 0.05) is 23.2 Å². The Morgan fingerprint density at radius 3 is 2.80 bits per heavy atom. The van der Waals surface area contributed by atoms with Crippen LogP contribution in [0.2, 0.25) is 0 Å². The largest absolute Gasteiger partial charge is 0.377 e. The summed E-state index contributed by atoms with van der Waals surface area (Å²) >= 11 is 1.65. The van der Waals surface area contributed by atoms with E-state index in [1.54, 1.807) is 11.3 Å². The maximum absolute atomic E-state index is 11.4. The van der Waals surface area contributed by atoms with E-state index in [-0.39, 0.29) is 11.9 Å². The molecule has 106 valence electrons. The minimum atomic E-state index is 0.0188. The molecule has 0 saturated carbocycles. The predicted octanol–water partition coefficient (Wildman–Crippen LogP) is 3.97. The highest BCUT2D eigenvalue weighted by Gasteiger charge is 2.09. The van der Waals surface area contributed by atoms with Crippen molar-refractivity contribution < 1.29 is 4.79 Å². The van der Waals surface area contributed by atoms with Gasteiger partial charge in [-0.15, -0.1) is 11.3 Å². The number of carbonyl (C=O) groups excluding carboxylic acids is 1. The second-order valence-corrected chi connectivity index (χ2v) is 5.70. The van der Waals surface area contributed by atoms with Crippen molar-refractivity contribution in [3.63, 3.8) is 0 Å². The lowest BCUT2D eigenvalue weighted by atomic mass is 10.2. The second-order valence-electron chi connectivity index (χ2n) is 4.64. The molecule has 2 aromatic rings. The Bertz CT molecular complexity index is 594. The van der Waals surface area contributed by atoms with Crippen LogP contribution in [0.15, 0.2) is 29.6 Å². The molecule has 1 unspecified atom stereocenters. The molecule has 5 heteroatoms. The molecule has 1 aromatic carbocycles. The van der Waals surface area contributed by atoms with Crippen LogP contribution in [0.1, 0.15) is 37.0 Å². The summed E-state index contributed by atoms with van der Waals surface area (Å²) in [7, 11) is 0. The molecule has 0 aliphatic rings. The molecule has 0 aliphatic heterocycles. The Morgan fingerprint density at radius 2 is 2.15 bits per heavy atom. The zero-order valence-corrected chi connectivity index (χ0v) is 12.8. The molecule has 0 spiro atoms. The molecule has 1 amide bonds. The van der Waals surface area contributed by atoms with Gasteiger partial charge in [0.2, 0.25) is 5.91 Å². The Morgan fingerprint density at radius 1 is 1.40 bits per heavy atom. The number of thiazole rings is 1. The number of aromatic nitrogens is 1. The van der Waals surface area contributed by atoms with E-state index < -0.39 is 0 Å². The first kappa shape index (κ1) is 14.5. The second kappa shape index (κ2) is 6.52. The van der Waals surface area contributed by atoms with Crippen LogP contribution < -0.4 is 10.6 Å². The summed E-state index contributed by atoms with van der Waals surface area (Å²) in [6.45, 7) is 5.91. The highest BCUT2D eigenvalue weighted by molar-refractivity contribution is 7.09. The number of hydrogen-bond acceptors (Lipinski definition) is 4. The third-order valence-electron chi connectivity index (χ3n) is 2.93. The van der Waals surface area contributed by atoms with Gasteiger partial charge in [0.05, 0.1) is 16.7 Å². The number of amides is 1. The maximum Gasteiger partial charge on any atom is 0.224 e. The fourth-order valence-electron chi connectivity index (χ4n) is 1.84. The number of carbonyl (C=O) groups is 1. The van der Waals surface area contributed by atoms with Crippen molar-refractivity contribution in [1.82, 2.24) is 4.98 Å².